The Labute approximate surface area is 191 Å². The number of benzene rings is 2. The maximum atomic E-state index is 12.6. The van der Waals surface area contributed by atoms with Crippen LogP contribution >= 0.6 is 0 Å². The highest BCUT2D eigenvalue weighted by atomic mass is 16.2. The summed E-state index contributed by atoms with van der Waals surface area (Å²) in [5.74, 6) is 0. The number of rotatable bonds is 5. The van der Waals surface area contributed by atoms with Crippen LogP contribution in [0.4, 0.5) is 21.0 Å². The van der Waals surface area contributed by atoms with E-state index in [0.29, 0.717) is 6.54 Å². The molecular formula is C26H36N4O2. The minimum Gasteiger partial charge on any atom is -0.337 e. The van der Waals surface area contributed by atoms with E-state index in [2.05, 4.69) is 42.0 Å². The molecule has 0 heterocycles. The molecule has 6 heteroatoms. The predicted octanol–water partition coefficient (Wildman–Crippen LogP) is 5.83. The van der Waals surface area contributed by atoms with Crippen LogP contribution in [0.25, 0.3) is 0 Å². The van der Waals surface area contributed by atoms with Crippen LogP contribution in [0.1, 0.15) is 51.2 Å². The molecule has 1 aliphatic rings. The summed E-state index contributed by atoms with van der Waals surface area (Å²) < 4.78 is 0. The molecular weight excluding hydrogens is 400 g/mol. The zero-order valence-electron chi connectivity index (χ0n) is 19.8. The summed E-state index contributed by atoms with van der Waals surface area (Å²) in [4.78, 5) is 25.0. The van der Waals surface area contributed by atoms with E-state index in [1.165, 1.54) is 0 Å². The Bertz CT molecular complexity index is 937. The van der Waals surface area contributed by atoms with Gasteiger partial charge in [-0.25, -0.2) is 9.59 Å². The Hall–Kier alpha value is -3.02. The summed E-state index contributed by atoms with van der Waals surface area (Å²) in [5, 5.41) is 12.0. The van der Waals surface area contributed by atoms with Gasteiger partial charge < -0.3 is 21.3 Å². The van der Waals surface area contributed by atoms with Crippen molar-refractivity contribution in [3.05, 3.63) is 59.7 Å². The average molecular weight is 437 g/mol. The smallest absolute Gasteiger partial charge is 0.319 e. The molecule has 2 atom stereocenters. The van der Waals surface area contributed by atoms with Crippen LogP contribution in [0.15, 0.2) is 48.5 Å². The SMILES string of the molecule is Cc1ccc(NC(=O)NC[C@@]2(C)C[C@@H](NC(=O)Nc3ccc(C)cc3)CC(C)(C)C2)cc1. The number of aryl methyl sites for hydroxylation is 2. The largest absolute Gasteiger partial charge is 0.337 e. The van der Waals surface area contributed by atoms with Gasteiger partial charge in [-0.15, -0.1) is 0 Å². The summed E-state index contributed by atoms with van der Waals surface area (Å²) >= 11 is 0. The molecule has 0 aliphatic heterocycles. The normalized spacial score (nSPS) is 22.0. The zero-order chi connectivity index (χ0) is 23.4. The first kappa shape index (κ1) is 23.6. The van der Waals surface area contributed by atoms with E-state index in [9.17, 15) is 9.59 Å². The molecule has 2 aromatic rings. The van der Waals surface area contributed by atoms with Crippen molar-refractivity contribution >= 4 is 23.4 Å². The monoisotopic (exact) mass is 436 g/mol. The van der Waals surface area contributed by atoms with Gasteiger partial charge >= 0.3 is 12.1 Å². The molecule has 4 amide bonds. The number of amides is 4. The van der Waals surface area contributed by atoms with E-state index < -0.39 is 0 Å². The van der Waals surface area contributed by atoms with Crippen LogP contribution in [-0.4, -0.2) is 24.6 Å². The molecule has 1 saturated carbocycles. The molecule has 4 N–H and O–H groups in total. The summed E-state index contributed by atoms with van der Waals surface area (Å²) in [6, 6.07) is 15.1. The summed E-state index contributed by atoms with van der Waals surface area (Å²) in [7, 11) is 0. The highest BCUT2D eigenvalue weighted by molar-refractivity contribution is 5.90. The maximum Gasteiger partial charge on any atom is 0.319 e. The van der Waals surface area contributed by atoms with E-state index in [4.69, 9.17) is 0 Å². The fraction of sp³-hybridized carbons (Fsp3) is 0.462. The summed E-state index contributed by atoms with van der Waals surface area (Å²) in [5.41, 5.74) is 3.80. The van der Waals surface area contributed by atoms with Crippen LogP contribution < -0.4 is 21.3 Å². The van der Waals surface area contributed by atoms with Crippen molar-refractivity contribution in [1.82, 2.24) is 10.6 Å². The van der Waals surface area contributed by atoms with Gasteiger partial charge in [-0.2, -0.15) is 0 Å². The molecule has 0 bridgehead atoms. The fourth-order valence-electron chi connectivity index (χ4n) is 4.97. The lowest BCUT2D eigenvalue weighted by Gasteiger charge is -2.46. The van der Waals surface area contributed by atoms with Crippen molar-refractivity contribution in [2.24, 2.45) is 10.8 Å². The standard InChI is InChI=1S/C26H36N4O2/c1-18-6-10-20(11-7-18)28-23(31)27-17-26(5)15-22(14-25(3,4)16-26)30-24(32)29-21-12-8-19(2)9-13-21/h6-13,22H,14-17H2,1-5H3,(H2,27,28,31)(H2,29,30,32)/t22-,26-/m0/s1. The topological polar surface area (TPSA) is 82.3 Å². The van der Waals surface area contributed by atoms with Crippen LogP contribution in [0.5, 0.6) is 0 Å². The molecule has 2 aromatic carbocycles. The third-order valence-electron chi connectivity index (χ3n) is 6.07. The van der Waals surface area contributed by atoms with Crippen molar-refractivity contribution in [2.75, 3.05) is 17.2 Å². The lowest BCUT2D eigenvalue weighted by molar-refractivity contribution is 0.0761. The second kappa shape index (κ2) is 9.63. The van der Waals surface area contributed by atoms with Gasteiger partial charge in [-0.1, -0.05) is 56.2 Å². The fourth-order valence-corrected chi connectivity index (χ4v) is 4.97. The minimum atomic E-state index is -0.208. The first-order chi connectivity index (χ1) is 15.0. The molecule has 0 saturated heterocycles. The molecule has 3 rings (SSSR count). The molecule has 6 nitrogen and oxygen atoms in total. The second-order valence-corrected chi connectivity index (χ2v) is 10.4. The van der Waals surface area contributed by atoms with Gasteiger partial charge in [0.05, 0.1) is 0 Å². The highest BCUT2D eigenvalue weighted by Gasteiger charge is 2.41. The Balaban J connectivity index is 1.55. The van der Waals surface area contributed by atoms with Gasteiger partial charge in [0.15, 0.2) is 0 Å². The Kier molecular flexibility index (Phi) is 7.12. The number of hydrogen-bond donors (Lipinski definition) is 4. The van der Waals surface area contributed by atoms with E-state index in [-0.39, 0.29) is 28.9 Å². The molecule has 1 aliphatic carbocycles. The zero-order valence-corrected chi connectivity index (χ0v) is 19.8. The summed E-state index contributed by atoms with van der Waals surface area (Å²) in [6.45, 7) is 11.2. The van der Waals surface area contributed by atoms with Crippen molar-refractivity contribution in [2.45, 2.75) is 59.9 Å². The number of carbonyl (C=O) groups is 2. The van der Waals surface area contributed by atoms with Crippen LogP contribution in [0, 0.1) is 24.7 Å². The first-order valence-corrected chi connectivity index (χ1v) is 11.3. The molecule has 1 fully saturated rings. The number of carbonyl (C=O) groups excluding carboxylic acids is 2. The summed E-state index contributed by atoms with van der Waals surface area (Å²) in [6.07, 6.45) is 2.69. The molecule has 0 radical (unpaired) electrons. The highest BCUT2D eigenvalue weighted by Crippen LogP contribution is 2.45. The quantitative estimate of drug-likeness (QED) is 0.475. The van der Waals surface area contributed by atoms with E-state index in [0.717, 1.165) is 41.8 Å². The van der Waals surface area contributed by atoms with Crippen LogP contribution in [-0.2, 0) is 0 Å². The van der Waals surface area contributed by atoms with E-state index in [1.54, 1.807) is 0 Å². The maximum absolute atomic E-state index is 12.6. The van der Waals surface area contributed by atoms with Gasteiger partial charge in [0.25, 0.3) is 0 Å². The average Bonchev–Trinajstić information content (AvgIpc) is 2.68. The number of anilines is 2. The van der Waals surface area contributed by atoms with Gasteiger partial charge in [0.1, 0.15) is 0 Å². The molecule has 0 spiro atoms. The Morgan fingerprint density at radius 1 is 0.812 bits per heavy atom. The van der Waals surface area contributed by atoms with Crippen molar-refractivity contribution in [3.8, 4) is 0 Å². The lowest BCUT2D eigenvalue weighted by Crippen LogP contribution is -2.51. The molecule has 172 valence electrons. The van der Waals surface area contributed by atoms with Gasteiger partial charge in [-0.3, -0.25) is 0 Å². The van der Waals surface area contributed by atoms with Crippen LogP contribution in [0.2, 0.25) is 0 Å². The van der Waals surface area contributed by atoms with E-state index in [1.807, 2.05) is 62.4 Å². The first-order valence-electron chi connectivity index (χ1n) is 11.3. The number of hydrogen-bond acceptors (Lipinski definition) is 2. The third kappa shape index (κ3) is 7.01. The second-order valence-electron chi connectivity index (χ2n) is 10.4. The number of nitrogens with one attached hydrogen (secondary N) is 4. The van der Waals surface area contributed by atoms with Gasteiger partial charge in [-0.05, 0) is 68.2 Å². The van der Waals surface area contributed by atoms with Crippen molar-refractivity contribution < 1.29 is 9.59 Å². The Morgan fingerprint density at radius 2 is 1.31 bits per heavy atom. The Morgan fingerprint density at radius 3 is 1.84 bits per heavy atom. The van der Waals surface area contributed by atoms with Crippen molar-refractivity contribution in [1.29, 1.82) is 0 Å². The van der Waals surface area contributed by atoms with Crippen molar-refractivity contribution in [3.63, 3.8) is 0 Å². The minimum absolute atomic E-state index is 0.0381. The number of urea groups is 2. The van der Waals surface area contributed by atoms with Gasteiger partial charge in [0.2, 0.25) is 0 Å². The third-order valence-corrected chi connectivity index (χ3v) is 6.07. The lowest BCUT2D eigenvalue weighted by atomic mass is 9.62. The van der Waals surface area contributed by atoms with Crippen LogP contribution in [0.3, 0.4) is 0 Å². The molecule has 0 unspecified atom stereocenters. The van der Waals surface area contributed by atoms with E-state index >= 15 is 0 Å². The molecule has 32 heavy (non-hydrogen) atoms. The van der Waals surface area contributed by atoms with Gasteiger partial charge in [0, 0.05) is 24.0 Å². The predicted molar refractivity (Wildman–Crippen MR) is 131 cm³/mol. The molecule has 0 aromatic heterocycles.